The van der Waals surface area contributed by atoms with Gasteiger partial charge >= 0.3 is 0 Å². The Hall–Kier alpha value is -6.01. The van der Waals surface area contributed by atoms with Crippen LogP contribution in [0.2, 0.25) is 0 Å². The fourth-order valence-electron chi connectivity index (χ4n) is 7.00. The molecule has 3 aromatic heterocycles. The van der Waals surface area contributed by atoms with Crippen LogP contribution in [0.25, 0.3) is 96.8 Å². The molecule has 0 unspecified atom stereocenters. The molecule has 0 radical (unpaired) electrons. The summed E-state index contributed by atoms with van der Waals surface area (Å²) in [6.07, 6.45) is 0. The highest BCUT2D eigenvalue weighted by molar-refractivity contribution is 7.27. The Morgan fingerprint density at radius 1 is 0.320 bits per heavy atom. The van der Waals surface area contributed by atoms with Crippen molar-refractivity contribution in [2.45, 2.75) is 0 Å². The van der Waals surface area contributed by atoms with E-state index in [4.69, 9.17) is 15.0 Å². The van der Waals surface area contributed by atoms with Crippen LogP contribution in [0.15, 0.2) is 164 Å². The predicted molar refractivity (Wildman–Crippen MR) is 213 cm³/mol. The molecule has 7 aromatic carbocycles. The third-order valence-corrected chi connectivity index (χ3v) is 11.8. The van der Waals surface area contributed by atoms with Gasteiger partial charge in [0.05, 0.1) is 0 Å². The minimum absolute atomic E-state index is 0.659. The molecule has 234 valence electrons. The van der Waals surface area contributed by atoms with Crippen molar-refractivity contribution in [1.82, 2.24) is 15.0 Å². The summed E-state index contributed by atoms with van der Waals surface area (Å²) >= 11 is 3.62. The average Bonchev–Trinajstić information content (AvgIpc) is 3.77. The fourth-order valence-corrected chi connectivity index (χ4v) is 9.46. The Morgan fingerprint density at radius 2 is 0.880 bits per heavy atom. The number of benzene rings is 7. The molecule has 5 heteroatoms. The van der Waals surface area contributed by atoms with E-state index < -0.39 is 0 Å². The molecule has 10 rings (SSSR count). The lowest BCUT2D eigenvalue weighted by atomic mass is 9.97. The number of rotatable bonds is 5. The van der Waals surface area contributed by atoms with Crippen LogP contribution in [0.4, 0.5) is 0 Å². The van der Waals surface area contributed by atoms with Crippen LogP contribution in [-0.4, -0.2) is 15.0 Å². The molecule has 0 saturated carbocycles. The Balaban J connectivity index is 1.30. The summed E-state index contributed by atoms with van der Waals surface area (Å²) in [5, 5.41) is 4.84. The number of aromatic nitrogens is 3. The topological polar surface area (TPSA) is 38.7 Å². The highest BCUT2D eigenvalue weighted by Crippen LogP contribution is 2.46. The lowest BCUT2D eigenvalue weighted by Crippen LogP contribution is -2.00. The number of hydrogen-bond acceptors (Lipinski definition) is 5. The van der Waals surface area contributed by atoms with E-state index in [9.17, 15) is 0 Å². The molecule has 50 heavy (non-hydrogen) atoms. The zero-order chi connectivity index (χ0) is 33.0. The van der Waals surface area contributed by atoms with Gasteiger partial charge in [-0.3, -0.25) is 0 Å². The third-order valence-electron chi connectivity index (χ3n) is 9.34. The smallest absolute Gasteiger partial charge is 0.165 e. The van der Waals surface area contributed by atoms with Gasteiger partial charge in [-0.25, -0.2) is 15.0 Å². The maximum atomic E-state index is 5.36. The van der Waals surface area contributed by atoms with E-state index in [0.717, 1.165) is 27.8 Å². The van der Waals surface area contributed by atoms with E-state index in [1.165, 1.54) is 51.5 Å². The SMILES string of the molecule is c1ccc(-c2cc(-c3nc(-c4ccccc4)nc(-c4cccc5sc6ccccc6c45)n3)c3sc4c(-c5ccccc5)cccc4c3c2)cc1. The first-order valence-corrected chi connectivity index (χ1v) is 18.2. The van der Waals surface area contributed by atoms with Crippen LogP contribution >= 0.6 is 22.7 Å². The van der Waals surface area contributed by atoms with Crippen molar-refractivity contribution in [1.29, 1.82) is 0 Å². The summed E-state index contributed by atoms with van der Waals surface area (Å²) in [4.78, 5) is 15.8. The molecule has 0 spiro atoms. The van der Waals surface area contributed by atoms with E-state index in [-0.39, 0.29) is 0 Å². The van der Waals surface area contributed by atoms with E-state index in [2.05, 4.69) is 146 Å². The van der Waals surface area contributed by atoms with Gasteiger partial charge in [0.2, 0.25) is 0 Å². The third kappa shape index (κ3) is 4.82. The van der Waals surface area contributed by atoms with Crippen LogP contribution < -0.4 is 0 Å². The Bertz CT molecular complexity index is 2860. The second-order valence-corrected chi connectivity index (χ2v) is 14.5. The van der Waals surface area contributed by atoms with Crippen molar-refractivity contribution in [3.8, 4) is 56.4 Å². The van der Waals surface area contributed by atoms with Crippen molar-refractivity contribution >= 4 is 63.0 Å². The molecule has 0 aliphatic heterocycles. The van der Waals surface area contributed by atoms with Gasteiger partial charge in [0, 0.05) is 57.0 Å². The van der Waals surface area contributed by atoms with E-state index in [1.807, 2.05) is 29.5 Å². The Kier molecular flexibility index (Phi) is 6.86. The molecule has 3 nitrogen and oxygen atoms in total. The van der Waals surface area contributed by atoms with Crippen molar-refractivity contribution < 1.29 is 0 Å². The second kappa shape index (κ2) is 11.8. The molecular formula is C45H27N3S2. The van der Waals surface area contributed by atoms with Crippen molar-refractivity contribution in [2.24, 2.45) is 0 Å². The monoisotopic (exact) mass is 673 g/mol. The molecule has 0 fully saturated rings. The van der Waals surface area contributed by atoms with Crippen molar-refractivity contribution in [3.05, 3.63) is 164 Å². The van der Waals surface area contributed by atoms with E-state index in [1.54, 1.807) is 11.3 Å². The molecule has 0 aliphatic rings. The molecule has 10 aromatic rings. The quantitative estimate of drug-likeness (QED) is 0.182. The first-order valence-electron chi connectivity index (χ1n) is 16.6. The fraction of sp³-hybridized carbons (Fsp3) is 0. The summed E-state index contributed by atoms with van der Waals surface area (Å²) in [5.74, 6) is 2.00. The lowest BCUT2D eigenvalue weighted by molar-refractivity contribution is 1.08. The van der Waals surface area contributed by atoms with Crippen LogP contribution in [0, 0.1) is 0 Å². The van der Waals surface area contributed by atoms with Crippen LogP contribution in [-0.2, 0) is 0 Å². The number of fused-ring (bicyclic) bond motifs is 6. The molecule has 0 bridgehead atoms. The van der Waals surface area contributed by atoms with Gasteiger partial charge in [-0.2, -0.15) is 0 Å². The van der Waals surface area contributed by atoms with E-state index in [0.29, 0.717) is 17.5 Å². The largest absolute Gasteiger partial charge is 0.208 e. The average molecular weight is 674 g/mol. The number of nitrogens with zero attached hydrogens (tertiary/aromatic N) is 3. The standard InChI is InChI=1S/C45H27N3S2/c1-4-14-28(15-5-1)31-26-36-33-22-12-21-32(29-16-6-2-7-17-29)41(33)50-42(36)37(27-31)45-47-43(30-18-8-3-9-19-30)46-44(48-45)35-23-13-25-39-40(35)34-20-10-11-24-38(34)49-39/h1-27H. The van der Waals surface area contributed by atoms with Gasteiger partial charge in [-0.05, 0) is 46.5 Å². The summed E-state index contributed by atoms with van der Waals surface area (Å²) in [5.41, 5.74) is 7.70. The van der Waals surface area contributed by atoms with E-state index >= 15 is 0 Å². The second-order valence-electron chi connectivity index (χ2n) is 12.4. The first-order chi connectivity index (χ1) is 24.8. The molecule has 0 N–H and O–H groups in total. The summed E-state index contributed by atoms with van der Waals surface area (Å²) in [6.45, 7) is 0. The van der Waals surface area contributed by atoms with Gasteiger partial charge in [0.15, 0.2) is 17.5 Å². The van der Waals surface area contributed by atoms with Gasteiger partial charge in [0.1, 0.15) is 0 Å². The van der Waals surface area contributed by atoms with Gasteiger partial charge in [-0.15, -0.1) is 22.7 Å². The predicted octanol–water partition coefficient (Wildman–Crippen LogP) is 12.9. The van der Waals surface area contributed by atoms with Gasteiger partial charge in [0.25, 0.3) is 0 Å². The van der Waals surface area contributed by atoms with Crippen molar-refractivity contribution in [3.63, 3.8) is 0 Å². The van der Waals surface area contributed by atoms with Gasteiger partial charge in [-0.1, -0.05) is 140 Å². The Morgan fingerprint density at radius 3 is 1.66 bits per heavy atom. The highest BCUT2D eigenvalue weighted by Gasteiger charge is 2.21. The molecule has 0 atom stereocenters. The molecule has 0 amide bonds. The first kappa shape index (κ1) is 29.0. The summed E-state index contributed by atoms with van der Waals surface area (Å²) < 4.78 is 4.90. The Labute approximate surface area is 296 Å². The zero-order valence-electron chi connectivity index (χ0n) is 26.7. The number of thiophene rings is 2. The summed E-state index contributed by atoms with van der Waals surface area (Å²) in [6, 6.07) is 57.8. The molecule has 0 aliphatic carbocycles. The maximum absolute atomic E-state index is 5.36. The lowest BCUT2D eigenvalue weighted by Gasteiger charge is -2.12. The minimum atomic E-state index is 0.659. The van der Waals surface area contributed by atoms with Crippen LogP contribution in [0.1, 0.15) is 0 Å². The van der Waals surface area contributed by atoms with Gasteiger partial charge < -0.3 is 0 Å². The van der Waals surface area contributed by atoms with Crippen molar-refractivity contribution in [2.75, 3.05) is 0 Å². The van der Waals surface area contributed by atoms with Crippen LogP contribution in [0.3, 0.4) is 0 Å². The van der Waals surface area contributed by atoms with Crippen LogP contribution in [0.5, 0.6) is 0 Å². The maximum Gasteiger partial charge on any atom is 0.165 e. The molecular weight excluding hydrogens is 647 g/mol. The number of hydrogen-bond donors (Lipinski definition) is 0. The molecule has 0 saturated heterocycles. The minimum Gasteiger partial charge on any atom is -0.208 e. The summed E-state index contributed by atoms with van der Waals surface area (Å²) in [7, 11) is 0. The molecule has 3 heterocycles. The highest BCUT2D eigenvalue weighted by atomic mass is 32.1. The normalized spacial score (nSPS) is 11.6. The zero-order valence-corrected chi connectivity index (χ0v) is 28.4.